The van der Waals surface area contributed by atoms with Crippen LogP contribution in [-0.2, 0) is 22.6 Å². The van der Waals surface area contributed by atoms with Crippen LogP contribution in [-0.4, -0.2) is 63.2 Å². The summed E-state index contributed by atoms with van der Waals surface area (Å²) in [4.78, 5) is 30.2. The molecule has 4 aromatic rings. The smallest absolute Gasteiger partial charge is 0.302 e. The molecule has 4 heterocycles. The first-order valence-electron chi connectivity index (χ1n) is 13.1. The Morgan fingerprint density at radius 3 is 2.68 bits per heavy atom. The molecule has 1 fully saturated rings. The summed E-state index contributed by atoms with van der Waals surface area (Å²) < 4.78 is 7.57. The summed E-state index contributed by atoms with van der Waals surface area (Å²) in [5.41, 5.74) is 4.29. The molecule has 1 saturated heterocycles. The van der Waals surface area contributed by atoms with E-state index in [1.165, 1.54) is 26.2 Å². The first-order valence-corrected chi connectivity index (χ1v) is 14.0. The van der Waals surface area contributed by atoms with Gasteiger partial charge in [0.25, 0.3) is 0 Å². The van der Waals surface area contributed by atoms with Crippen LogP contribution >= 0.6 is 11.3 Å². The van der Waals surface area contributed by atoms with Crippen LogP contribution in [0.15, 0.2) is 54.2 Å². The number of fused-ring (bicyclic) bond motifs is 1. The van der Waals surface area contributed by atoms with Crippen LogP contribution in [0, 0.1) is 0 Å². The van der Waals surface area contributed by atoms with E-state index in [1.54, 1.807) is 23.7 Å². The van der Waals surface area contributed by atoms with Crippen molar-refractivity contribution in [2.75, 3.05) is 37.7 Å². The van der Waals surface area contributed by atoms with E-state index in [-0.39, 0.29) is 5.97 Å². The van der Waals surface area contributed by atoms with Crippen molar-refractivity contribution in [1.82, 2.24) is 24.4 Å². The van der Waals surface area contributed by atoms with E-state index in [4.69, 9.17) is 14.7 Å². The number of hydrogen-bond donors (Lipinski definition) is 0. The molecular weight excluding hydrogens is 484 g/mol. The SMILES string of the molecule is CC(=O)OCCN(CCCn1c(-c2ccncc2)nc2ccccc21)c1nc(CN2CCCCC2)cs1. The molecule has 1 aromatic carbocycles. The molecule has 0 unspecified atom stereocenters. The van der Waals surface area contributed by atoms with Gasteiger partial charge in [-0.15, -0.1) is 11.3 Å². The molecule has 0 N–H and O–H groups in total. The number of hydrogen-bond acceptors (Lipinski definition) is 8. The van der Waals surface area contributed by atoms with Gasteiger partial charge in [0.15, 0.2) is 5.13 Å². The average Bonchev–Trinajstić information content (AvgIpc) is 3.53. The normalized spacial score (nSPS) is 14.2. The Morgan fingerprint density at radius 2 is 1.86 bits per heavy atom. The van der Waals surface area contributed by atoms with Gasteiger partial charge >= 0.3 is 5.97 Å². The average molecular weight is 519 g/mol. The quantitative estimate of drug-likeness (QED) is 0.259. The summed E-state index contributed by atoms with van der Waals surface area (Å²) in [6, 6.07) is 12.3. The maximum atomic E-state index is 11.4. The fourth-order valence-corrected chi connectivity index (χ4v) is 5.78. The molecule has 0 aliphatic carbocycles. The molecule has 8 nitrogen and oxygen atoms in total. The van der Waals surface area contributed by atoms with Crippen molar-refractivity contribution in [3.63, 3.8) is 0 Å². The van der Waals surface area contributed by atoms with Gasteiger partial charge in [-0.3, -0.25) is 14.7 Å². The van der Waals surface area contributed by atoms with E-state index in [1.807, 2.05) is 18.2 Å². The van der Waals surface area contributed by atoms with E-state index in [9.17, 15) is 4.79 Å². The first-order chi connectivity index (χ1) is 18.2. The number of ether oxygens (including phenoxy) is 1. The fourth-order valence-electron chi connectivity index (χ4n) is 4.91. The number of aryl methyl sites for hydroxylation is 1. The van der Waals surface area contributed by atoms with Gasteiger partial charge in [-0.2, -0.15) is 0 Å². The molecule has 0 spiro atoms. The Labute approximate surface area is 221 Å². The van der Waals surface area contributed by atoms with E-state index >= 15 is 0 Å². The third-order valence-corrected chi connectivity index (χ3v) is 7.66. The predicted molar refractivity (Wildman–Crippen MR) is 148 cm³/mol. The molecular formula is C28H34N6O2S. The minimum Gasteiger partial charge on any atom is -0.464 e. The van der Waals surface area contributed by atoms with Crippen LogP contribution < -0.4 is 4.90 Å². The van der Waals surface area contributed by atoms with Crippen molar-refractivity contribution < 1.29 is 9.53 Å². The molecule has 0 bridgehead atoms. The maximum absolute atomic E-state index is 11.4. The number of piperidine rings is 1. The number of esters is 1. The largest absolute Gasteiger partial charge is 0.464 e. The number of anilines is 1. The van der Waals surface area contributed by atoms with Crippen LogP contribution in [0.1, 0.15) is 38.3 Å². The van der Waals surface area contributed by atoms with Crippen LogP contribution in [0.3, 0.4) is 0 Å². The second-order valence-corrected chi connectivity index (χ2v) is 10.3. The zero-order valence-electron chi connectivity index (χ0n) is 21.4. The monoisotopic (exact) mass is 518 g/mol. The molecule has 9 heteroatoms. The summed E-state index contributed by atoms with van der Waals surface area (Å²) in [5.74, 6) is 0.699. The standard InChI is InChI=1S/C28H34N6O2S/c1-22(35)36-19-18-33(28-30-24(21-37-28)20-32-14-5-2-6-15-32)16-7-17-34-26-9-4-3-8-25(26)31-27(34)23-10-12-29-13-11-23/h3-4,8-13,21H,2,5-7,14-20H2,1H3. The highest BCUT2D eigenvalue weighted by Crippen LogP contribution is 2.26. The van der Waals surface area contributed by atoms with Gasteiger partial charge in [0.2, 0.25) is 0 Å². The zero-order valence-corrected chi connectivity index (χ0v) is 22.2. The van der Waals surface area contributed by atoms with Crippen molar-refractivity contribution in [2.45, 2.75) is 45.7 Å². The Bertz CT molecular complexity index is 1300. The van der Waals surface area contributed by atoms with Crippen molar-refractivity contribution in [2.24, 2.45) is 0 Å². The number of benzene rings is 1. The van der Waals surface area contributed by atoms with Crippen LogP contribution in [0.25, 0.3) is 22.4 Å². The van der Waals surface area contributed by atoms with E-state index in [0.29, 0.717) is 13.2 Å². The highest BCUT2D eigenvalue weighted by atomic mass is 32.1. The molecule has 0 amide bonds. The third kappa shape index (κ3) is 6.53. The Kier molecular flexibility index (Phi) is 8.42. The van der Waals surface area contributed by atoms with Gasteiger partial charge in [-0.25, -0.2) is 9.97 Å². The minimum atomic E-state index is -0.253. The minimum absolute atomic E-state index is 0.253. The summed E-state index contributed by atoms with van der Waals surface area (Å²) in [6.07, 6.45) is 8.39. The number of imidazole rings is 1. The van der Waals surface area contributed by atoms with Gasteiger partial charge in [-0.1, -0.05) is 18.6 Å². The molecule has 3 aromatic heterocycles. The summed E-state index contributed by atoms with van der Waals surface area (Å²) in [6.45, 7) is 7.27. The number of nitrogens with zero attached hydrogens (tertiary/aromatic N) is 6. The predicted octanol–water partition coefficient (Wildman–Crippen LogP) is 5.00. The fraction of sp³-hybridized carbons (Fsp3) is 0.429. The third-order valence-electron chi connectivity index (χ3n) is 6.71. The summed E-state index contributed by atoms with van der Waals surface area (Å²) in [7, 11) is 0. The van der Waals surface area contributed by atoms with E-state index in [2.05, 4.69) is 42.9 Å². The zero-order chi connectivity index (χ0) is 25.5. The van der Waals surface area contributed by atoms with Crippen LogP contribution in [0.5, 0.6) is 0 Å². The van der Waals surface area contributed by atoms with Crippen molar-refractivity contribution in [1.29, 1.82) is 0 Å². The van der Waals surface area contributed by atoms with Gasteiger partial charge in [0.1, 0.15) is 12.4 Å². The molecule has 194 valence electrons. The first kappa shape index (κ1) is 25.4. The lowest BCUT2D eigenvalue weighted by atomic mass is 10.1. The van der Waals surface area contributed by atoms with Crippen LogP contribution in [0.4, 0.5) is 5.13 Å². The Morgan fingerprint density at radius 1 is 1.05 bits per heavy atom. The molecule has 1 aliphatic heterocycles. The lowest BCUT2D eigenvalue weighted by molar-refractivity contribution is -0.140. The molecule has 5 rings (SSSR count). The molecule has 0 atom stereocenters. The van der Waals surface area contributed by atoms with Crippen molar-refractivity contribution >= 4 is 33.5 Å². The highest BCUT2D eigenvalue weighted by molar-refractivity contribution is 7.13. The number of carbonyl (C=O) groups excluding carboxylic acids is 1. The topological polar surface area (TPSA) is 76.4 Å². The molecule has 0 saturated carbocycles. The highest BCUT2D eigenvalue weighted by Gasteiger charge is 2.17. The summed E-state index contributed by atoms with van der Waals surface area (Å²) >= 11 is 1.68. The second-order valence-electron chi connectivity index (χ2n) is 9.45. The summed E-state index contributed by atoms with van der Waals surface area (Å²) in [5, 5.41) is 3.16. The molecule has 1 aliphatic rings. The number of likely N-dealkylation sites (tertiary alicyclic amines) is 1. The number of para-hydroxylation sites is 2. The number of carbonyl (C=O) groups is 1. The number of pyridine rings is 1. The number of rotatable bonds is 11. The van der Waals surface area contributed by atoms with Crippen LogP contribution in [0.2, 0.25) is 0 Å². The van der Waals surface area contributed by atoms with Gasteiger partial charge in [-0.05, 0) is 56.6 Å². The lowest BCUT2D eigenvalue weighted by Crippen LogP contribution is -2.30. The van der Waals surface area contributed by atoms with E-state index in [0.717, 1.165) is 72.4 Å². The van der Waals surface area contributed by atoms with E-state index < -0.39 is 0 Å². The molecule has 37 heavy (non-hydrogen) atoms. The molecule has 0 radical (unpaired) electrons. The lowest BCUT2D eigenvalue weighted by Gasteiger charge is -2.25. The Hall–Kier alpha value is -3.30. The van der Waals surface area contributed by atoms with Crippen molar-refractivity contribution in [3.8, 4) is 11.4 Å². The van der Waals surface area contributed by atoms with Gasteiger partial charge in [0.05, 0.1) is 23.3 Å². The van der Waals surface area contributed by atoms with Gasteiger partial charge in [0, 0.05) is 49.9 Å². The second kappa shape index (κ2) is 12.3. The van der Waals surface area contributed by atoms with Crippen molar-refractivity contribution in [3.05, 3.63) is 59.9 Å². The maximum Gasteiger partial charge on any atom is 0.302 e. The van der Waals surface area contributed by atoms with Gasteiger partial charge < -0.3 is 14.2 Å². The Balaban J connectivity index is 1.30. The number of aromatic nitrogens is 4. The number of thiazole rings is 1.